The van der Waals surface area contributed by atoms with Crippen molar-refractivity contribution < 1.29 is 0 Å². The molecule has 0 aliphatic carbocycles. The lowest BCUT2D eigenvalue weighted by molar-refractivity contribution is 0.179. The number of thiophene rings is 1. The molecule has 2 heterocycles. The van der Waals surface area contributed by atoms with Crippen molar-refractivity contribution in [3.05, 3.63) is 15.9 Å². The molecule has 2 rings (SSSR count). The van der Waals surface area contributed by atoms with Gasteiger partial charge < -0.3 is 10.6 Å². The molecule has 0 radical (unpaired) electrons. The van der Waals surface area contributed by atoms with Crippen molar-refractivity contribution in [2.75, 3.05) is 38.0 Å². The van der Waals surface area contributed by atoms with E-state index >= 15 is 0 Å². The first-order valence-electron chi connectivity index (χ1n) is 6.18. The third-order valence-electron chi connectivity index (χ3n) is 3.20. The average molecular weight is 318 g/mol. The largest absolute Gasteiger partial charge is 0.377 e. The minimum Gasteiger partial charge on any atom is -0.377 e. The fraction of sp³-hybridized carbons (Fsp3) is 0.667. The van der Waals surface area contributed by atoms with Crippen LogP contribution in [0.15, 0.2) is 15.9 Å². The summed E-state index contributed by atoms with van der Waals surface area (Å²) in [5, 5.41) is 10.2. The first-order valence-corrected chi connectivity index (χ1v) is 7.85. The van der Waals surface area contributed by atoms with E-state index in [4.69, 9.17) is 0 Å². The van der Waals surface area contributed by atoms with Crippen molar-refractivity contribution in [3.63, 3.8) is 0 Å². The number of anilines is 1. The lowest BCUT2D eigenvalue weighted by Gasteiger charge is -2.32. The van der Waals surface area contributed by atoms with Crippen molar-refractivity contribution >= 4 is 32.3 Å². The summed E-state index contributed by atoms with van der Waals surface area (Å²) in [6.07, 6.45) is 1.20. The molecular formula is C12H20BrN3S. The summed E-state index contributed by atoms with van der Waals surface area (Å²) < 4.78 is 1.17. The predicted molar refractivity (Wildman–Crippen MR) is 79.0 cm³/mol. The van der Waals surface area contributed by atoms with Crippen LogP contribution < -0.4 is 10.6 Å². The maximum Gasteiger partial charge on any atom is 0.0894 e. The van der Waals surface area contributed by atoms with Crippen molar-refractivity contribution in [3.8, 4) is 0 Å². The molecule has 3 nitrogen and oxygen atoms in total. The van der Waals surface area contributed by atoms with Crippen LogP contribution in [0.4, 0.5) is 5.00 Å². The van der Waals surface area contributed by atoms with Gasteiger partial charge in [-0.05, 0) is 35.3 Å². The maximum absolute atomic E-state index is 3.48. The lowest BCUT2D eigenvalue weighted by atomic mass is 10.2. The molecule has 1 atom stereocenters. The Morgan fingerprint density at radius 2 is 2.29 bits per heavy atom. The molecule has 1 aliphatic heterocycles. The molecule has 1 aliphatic rings. The minimum absolute atomic E-state index is 0.674. The van der Waals surface area contributed by atoms with Gasteiger partial charge in [0.2, 0.25) is 0 Å². The third-order valence-corrected chi connectivity index (χ3v) is 4.85. The summed E-state index contributed by atoms with van der Waals surface area (Å²) in [4.78, 5) is 2.57. The molecule has 0 amide bonds. The highest BCUT2D eigenvalue weighted by atomic mass is 79.9. The number of piperazine rings is 1. The summed E-state index contributed by atoms with van der Waals surface area (Å²) in [6.45, 7) is 8.03. The van der Waals surface area contributed by atoms with Crippen molar-refractivity contribution in [2.24, 2.45) is 0 Å². The van der Waals surface area contributed by atoms with Gasteiger partial charge in [-0.25, -0.2) is 0 Å². The van der Waals surface area contributed by atoms with Crippen LogP contribution in [0.2, 0.25) is 0 Å². The Morgan fingerprint density at radius 3 is 2.94 bits per heavy atom. The van der Waals surface area contributed by atoms with Gasteiger partial charge >= 0.3 is 0 Å². The standard InChI is InChI=1S/C12H20BrN3S/c1-10(16-6-4-14-5-7-16)2-3-15-12-8-11(13)9-17-12/h8-10,14-15H,2-7H2,1H3. The topological polar surface area (TPSA) is 27.3 Å². The average Bonchev–Trinajstić information content (AvgIpc) is 2.76. The summed E-state index contributed by atoms with van der Waals surface area (Å²) in [5.74, 6) is 0. The van der Waals surface area contributed by atoms with Gasteiger partial charge in [-0.15, -0.1) is 11.3 Å². The zero-order valence-corrected chi connectivity index (χ0v) is 12.6. The zero-order chi connectivity index (χ0) is 12.1. The van der Waals surface area contributed by atoms with Crippen LogP contribution >= 0.6 is 27.3 Å². The van der Waals surface area contributed by atoms with Gasteiger partial charge in [-0.2, -0.15) is 0 Å². The van der Waals surface area contributed by atoms with E-state index in [0.29, 0.717) is 6.04 Å². The molecule has 0 spiro atoms. The monoisotopic (exact) mass is 317 g/mol. The Morgan fingerprint density at radius 1 is 1.53 bits per heavy atom. The zero-order valence-electron chi connectivity index (χ0n) is 10.2. The van der Waals surface area contributed by atoms with E-state index in [0.717, 1.165) is 19.6 Å². The Hall–Kier alpha value is -0.100. The molecule has 0 saturated carbocycles. The van der Waals surface area contributed by atoms with E-state index < -0.39 is 0 Å². The maximum atomic E-state index is 3.48. The predicted octanol–water partition coefficient (Wildman–Crippen LogP) is 2.61. The molecule has 0 bridgehead atoms. The number of nitrogens with one attached hydrogen (secondary N) is 2. The second-order valence-corrected chi connectivity index (χ2v) is 6.31. The van der Waals surface area contributed by atoms with Gasteiger partial charge in [0.05, 0.1) is 5.00 Å². The van der Waals surface area contributed by atoms with Crippen molar-refractivity contribution in [1.82, 2.24) is 10.2 Å². The molecule has 96 valence electrons. The number of nitrogens with zero attached hydrogens (tertiary/aromatic N) is 1. The highest BCUT2D eigenvalue weighted by Gasteiger charge is 2.15. The van der Waals surface area contributed by atoms with Crippen molar-refractivity contribution in [1.29, 1.82) is 0 Å². The minimum atomic E-state index is 0.674. The lowest BCUT2D eigenvalue weighted by Crippen LogP contribution is -2.47. The first-order chi connectivity index (χ1) is 8.25. The Bertz CT molecular complexity index is 336. The molecule has 1 aromatic rings. The summed E-state index contributed by atoms with van der Waals surface area (Å²) >= 11 is 5.23. The summed E-state index contributed by atoms with van der Waals surface area (Å²) in [7, 11) is 0. The Kier molecular flexibility index (Phi) is 5.28. The first kappa shape index (κ1) is 13.3. The number of hydrogen-bond donors (Lipinski definition) is 2. The summed E-state index contributed by atoms with van der Waals surface area (Å²) in [5.41, 5.74) is 0. The fourth-order valence-electron chi connectivity index (χ4n) is 2.12. The molecule has 5 heteroatoms. The summed E-state index contributed by atoms with van der Waals surface area (Å²) in [6, 6.07) is 2.81. The van der Waals surface area contributed by atoms with Crippen LogP contribution in [0, 0.1) is 0 Å². The highest BCUT2D eigenvalue weighted by Crippen LogP contribution is 2.24. The van der Waals surface area contributed by atoms with Gasteiger partial charge in [-0.3, -0.25) is 4.90 Å². The molecule has 17 heavy (non-hydrogen) atoms. The quantitative estimate of drug-likeness (QED) is 0.874. The fourth-order valence-corrected chi connectivity index (χ4v) is 3.46. The van der Waals surface area contributed by atoms with Gasteiger partial charge in [-0.1, -0.05) is 0 Å². The SMILES string of the molecule is CC(CCNc1cc(Br)cs1)N1CCNCC1. The highest BCUT2D eigenvalue weighted by molar-refractivity contribution is 9.10. The van der Waals surface area contributed by atoms with E-state index in [1.54, 1.807) is 11.3 Å². The van der Waals surface area contributed by atoms with E-state index in [9.17, 15) is 0 Å². The normalized spacial score (nSPS) is 19.2. The molecule has 0 aromatic carbocycles. The van der Waals surface area contributed by atoms with E-state index in [1.807, 2.05) is 0 Å². The second kappa shape index (κ2) is 6.73. The molecule has 1 saturated heterocycles. The number of rotatable bonds is 5. The van der Waals surface area contributed by atoms with Crippen LogP contribution in [-0.4, -0.2) is 43.7 Å². The number of hydrogen-bond acceptors (Lipinski definition) is 4. The van der Waals surface area contributed by atoms with Crippen molar-refractivity contribution in [2.45, 2.75) is 19.4 Å². The Labute approximate surface area is 116 Å². The third kappa shape index (κ3) is 4.25. The van der Waals surface area contributed by atoms with Crippen LogP contribution in [0.5, 0.6) is 0 Å². The van der Waals surface area contributed by atoms with E-state index in [2.05, 4.69) is 49.8 Å². The van der Waals surface area contributed by atoms with Crippen LogP contribution in [0.3, 0.4) is 0 Å². The molecule has 1 fully saturated rings. The van der Waals surface area contributed by atoms with Gasteiger partial charge in [0, 0.05) is 48.6 Å². The van der Waals surface area contributed by atoms with Gasteiger partial charge in [0.1, 0.15) is 0 Å². The Balaban J connectivity index is 1.67. The molecule has 1 aromatic heterocycles. The second-order valence-electron chi connectivity index (χ2n) is 4.48. The smallest absolute Gasteiger partial charge is 0.0894 e. The van der Waals surface area contributed by atoms with Crippen LogP contribution in [0.1, 0.15) is 13.3 Å². The van der Waals surface area contributed by atoms with E-state index in [1.165, 1.54) is 29.0 Å². The van der Waals surface area contributed by atoms with E-state index in [-0.39, 0.29) is 0 Å². The molecular weight excluding hydrogens is 298 g/mol. The van der Waals surface area contributed by atoms with Crippen LogP contribution in [0.25, 0.3) is 0 Å². The van der Waals surface area contributed by atoms with Gasteiger partial charge in [0.25, 0.3) is 0 Å². The molecule has 1 unspecified atom stereocenters. The molecule has 2 N–H and O–H groups in total. The van der Waals surface area contributed by atoms with Gasteiger partial charge in [0.15, 0.2) is 0 Å². The van der Waals surface area contributed by atoms with Crippen LogP contribution in [-0.2, 0) is 0 Å². The number of halogens is 1.